The zero-order valence-corrected chi connectivity index (χ0v) is 15.3. The summed E-state index contributed by atoms with van der Waals surface area (Å²) < 4.78 is 7.55. The molecule has 23 heavy (non-hydrogen) atoms. The number of halogens is 1. The predicted octanol–water partition coefficient (Wildman–Crippen LogP) is -0.982. The van der Waals surface area contributed by atoms with Crippen LogP contribution in [0.1, 0.15) is 35.9 Å². The van der Waals surface area contributed by atoms with Crippen LogP contribution in [-0.2, 0) is 16.1 Å². The van der Waals surface area contributed by atoms with Crippen molar-refractivity contribution >= 4 is 22.4 Å². The maximum absolute atomic E-state index is 12.0. The second-order valence-corrected chi connectivity index (χ2v) is 6.37. The maximum Gasteiger partial charge on any atom is 0.232 e. The Morgan fingerprint density at radius 1 is 1.43 bits per heavy atom. The summed E-state index contributed by atoms with van der Waals surface area (Å²) in [6.07, 6.45) is 6.44. The molecule has 0 saturated carbocycles. The minimum atomic E-state index is -0.0527. The van der Waals surface area contributed by atoms with Gasteiger partial charge >= 0.3 is 0 Å². The molecule has 1 saturated heterocycles. The molecule has 0 spiro atoms. The highest BCUT2D eigenvalue weighted by molar-refractivity contribution is 7.15. The second-order valence-electron chi connectivity index (χ2n) is 5.36. The molecule has 1 N–H and O–H groups in total. The number of anilines is 1. The molecule has 0 radical (unpaired) electrons. The lowest BCUT2D eigenvalue weighted by Crippen LogP contribution is -3.00. The Kier molecular flexibility index (Phi) is 6.61. The second kappa shape index (κ2) is 8.47. The van der Waals surface area contributed by atoms with Gasteiger partial charge in [0.2, 0.25) is 11.0 Å². The van der Waals surface area contributed by atoms with E-state index in [9.17, 15) is 4.79 Å². The van der Waals surface area contributed by atoms with Crippen molar-refractivity contribution in [2.24, 2.45) is 0 Å². The van der Waals surface area contributed by atoms with Gasteiger partial charge in [-0.3, -0.25) is 4.79 Å². The molecule has 0 aliphatic carbocycles. The number of aromatic nitrogens is 3. The molecule has 0 bridgehead atoms. The van der Waals surface area contributed by atoms with Crippen LogP contribution in [0.3, 0.4) is 0 Å². The van der Waals surface area contributed by atoms with Crippen molar-refractivity contribution in [3.05, 3.63) is 35.1 Å². The minimum absolute atomic E-state index is 0. The van der Waals surface area contributed by atoms with Gasteiger partial charge in [0.15, 0.2) is 18.9 Å². The fourth-order valence-electron chi connectivity index (χ4n) is 2.28. The topological polar surface area (TPSA) is 68.0 Å². The monoisotopic (exact) mass is 398 g/mol. The quantitative estimate of drug-likeness (QED) is 0.657. The van der Waals surface area contributed by atoms with Gasteiger partial charge in [0, 0.05) is 18.7 Å². The Morgan fingerprint density at radius 3 is 2.91 bits per heavy atom. The van der Waals surface area contributed by atoms with E-state index in [1.165, 1.54) is 16.9 Å². The summed E-state index contributed by atoms with van der Waals surface area (Å²) in [4.78, 5) is 12.0. The first kappa shape index (κ1) is 18.0. The summed E-state index contributed by atoms with van der Waals surface area (Å²) in [5.41, 5.74) is 1.20. The zero-order valence-electron chi connectivity index (χ0n) is 12.9. The van der Waals surface area contributed by atoms with E-state index in [1.807, 2.05) is 36.0 Å². The SMILES string of the molecule is Cc1cc[n+](CCC(=O)Nc2nnc(C3CCCO3)s2)cc1.[Br-]. The van der Waals surface area contributed by atoms with Crippen molar-refractivity contribution < 1.29 is 31.1 Å². The number of hydrogen-bond acceptors (Lipinski definition) is 5. The molecule has 124 valence electrons. The van der Waals surface area contributed by atoms with Crippen molar-refractivity contribution in [2.45, 2.75) is 38.8 Å². The fourth-order valence-corrected chi connectivity index (χ4v) is 3.12. The molecule has 1 fully saturated rings. The number of nitrogens with one attached hydrogen (secondary N) is 1. The van der Waals surface area contributed by atoms with Crippen LogP contribution < -0.4 is 26.9 Å². The molecule has 3 heterocycles. The van der Waals surface area contributed by atoms with E-state index in [-0.39, 0.29) is 29.0 Å². The molecule has 8 heteroatoms. The first-order valence-corrected chi connectivity index (χ1v) is 8.23. The minimum Gasteiger partial charge on any atom is -1.00 e. The Labute approximate surface area is 149 Å². The van der Waals surface area contributed by atoms with E-state index in [2.05, 4.69) is 15.5 Å². The first-order chi connectivity index (χ1) is 10.7. The summed E-state index contributed by atoms with van der Waals surface area (Å²) >= 11 is 1.40. The van der Waals surface area contributed by atoms with E-state index < -0.39 is 0 Å². The van der Waals surface area contributed by atoms with Crippen molar-refractivity contribution in [3.8, 4) is 0 Å². The third kappa shape index (κ3) is 5.05. The molecule has 6 nitrogen and oxygen atoms in total. The number of carbonyl (C=O) groups excluding carboxylic acids is 1. The molecule has 2 aromatic rings. The molecule has 1 aliphatic rings. The average molecular weight is 399 g/mol. The van der Waals surface area contributed by atoms with Gasteiger partial charge < -0.3 is 27.0 Å². The van der Waals surface area contributed by atoms with Gasteiger partial charge in [-0.2, -0.15) is 0 Å². The molecular formula is C15H19BrN4O2S. The number of ether oxygens (including phenoxy) is 1. The van der Waals surface area contributed by atoms with Crippen molar-refractivity contribution in [2.75, 3.05) is 11.9 Å². The van der Waals surface area contributed by atoms with Crippen molar-refractivity contribution in [1.29, 1.82) is 0 Å². The van der Waals surface area contributed by atoms with Gasteiger partial charge in [0.1, 0.15) is 11.1 Å². The Balaban J connectivity index is 0.00000192. The summed E-state index contributed by atoms with van der Waals surface area (Å²) in [6, 6.07) is 4.05. The molecule has 0 aromatic carbocycles. The smallest absolute Gasteiger partial charge is 0.232 e. The summed E-state index contributed by atoms with van der Waals surface area (Å²) in [5, 5.41) is 12.3. The number of carbonyl (C=O) groups is 1. The fraction of sp³-hybridized carbons (Fsp3) is 0.467. The van der Waals surface area contributed by atoms with E-state index in [4.69, 9.17) is 4.74 Å². The molecule has 1 unspecified atom stereocenters. The maximum atomic E-state index is 12.0. The van der Waals surface area contributed by atoms with Gasteiger partial charge in [0.25, 0.3) is 0 Å². The first-order valence-electron chi connectivity index (χ1n) is 7.41. The largest absolute Gasteiger partial charge is 1.00 e. The van der Waals surface area contributed by atoms with Crippen LogP contribution in [0.2, 0.25) is 0 Å². The van der Waals surface area contributed by atoms with Crippen LogP contribution in [0, 0.1) is 6.92 Å². The van der Waals surface area contributed by atoms with E-state index in [0.717, 1.165) is 24.5 Å². The highest BCUT2D eigenvalue weighted by Crippen LogP contribution is 2.31. The summed E-state index contributed by atoms with van der Waals surface area (Å²) in [7, 11) is 0. The average Bonchev–Trinajstić information content (AvgIpc) is 3.17. The zero-order chi connectivity index (χ0) is 15.4. The number of aryl methyl sites for hydroxylation is 2. The van der Waals surface area contributed by atoms with Crippen LogP contribution in [0.15, 0.2) is 24.5 Å². The normalized spacial score (nSPS) is 16.8. The van der Waals surface area contributed by atoms with E-state index >= 15 is 0 Å². The molecule has 1 amide bonds. The van der Waals surface area contributed by atoms with Gasteiger partial charge in [-0.1, -0.05) is 11.3 Å². The number of rotatable bonds is 5. The number of pyridine rings is 1. The number of nitrogens with zero attached hydrogens (tertiary/aromatic N) is 3. The van der Waals surface area contributed by atoms with Gasteiger partial charge in [-0.25, -0.2) is 4.57 Å². The Hall–Kier alpha value is -1.38. The third-order valence-electron chi connectivity index (χ3n) is 3.55. The summed E-state index contributed by atoms with van der Waals surface area (Å²) in [6.45, 7) is 3.46. The predicted molar refractivity (Wildman–Crippen MR) is 82.5 cm³/mol. The lowest BCUT2D eigenvalue weighted by atomic mass is 10.2. The van der Waals surface area contributed by atoms with E-state index in [0.29, 0.717) is 18.1 Å². The lowest BCUT2D eigenvalue weighted by Gasteiger charge is -2.02. The highest BCUT2D eigenvalue weighted by atomic mass is 79.9. The van der Waals surface area contributed by atoms with Crippen LogP contribution in [-0.4, -0.2) is 22.7 Å². The Bertz CT molecular complexity index is 641. The van der Waals surface area contributed by atoms with Gasteiger partial charge in [-0.05, 0) is 25.3 Å². The van der Waals surface area contributed by atoms with E-state index in [1.54, 1.807) is 0 Å². The van der Waals surface area contributed by atoms with Gasteiger partial charge in [-0.15, -0.1) is 10.2 Å². The number of amides is 1. The van der Waals surface area contributed by atoms with Gasteiger partial charge in [0.05, 0.1) is 6.42 Å². The van der Waals surface area contributed by atoms with Crippen molar-refractivity contribution in [3.63, 3.8) is 0 Å². The standard InChI is InChI=1S/C15H18N4O2S.BrH/c1-11-4-7-19(8-5-11)9-6-13(20)16-15-18-17-14(22-15)12-3-2-10-21-12;/h4-5,7-8,12H,2-3,6,9-10H2,1H3;1H. The molecule has 2 aromatic heterocycles. The van der Waals surface area contributed by atoms with Crippen LogP contribution in [0.25, 0.3) is 0 Å². The Morgan fingerprint density at radius 2 is 2.22 bits per heavy atom. The van der Waals surface area contributed by atoms with Crippen molar-refractivity contribution in [1.82, 2.24) is 10.2 Å². The third-order valence-corrected chi connectivity index (χ3v) is 4.48. The highest BCUT2D eigenvalue weighted by Gasteiger charge is 2.22. The molecule has 1 aliphatic heterocycles. The van der Waals surface area contributed by atoms with Crippen LogP contribution in [0.5, 0.6) is 0 Å². The molecule has 1 atom stereocenters. The van der Waals surface area contributed by atoms with Crippen LogP contribution >= 0.6 is 11.3 Å². The van der Waals surface area contributed by atoms with Crippen LogP contribution in [0.4, 0.5) is 5.13 Å². The summed E-state index contributed by atoms with van der Waals surface area (Å²) in [5.74, 6) is -0.0527. The molecule has 3 rings (SSSR count). The molecular weight excluding hydrogens is 380 g/mol. The number of hydrogen-bond donors (Lipinski definition) is 1. The lowest BCUT2D eigenvalue weighted by molar-refractivity contribution is -0.695.